The van der Waals surface area contributed by atoms with E-state index in [1.54, 1.807) is 4.90 Å². The topological polar surface area (TPSA) is 32.3 Å². The molecule has 1 heterocycles. The number of carbonyl (C=O) groups is 1. The van der Waals surface area contributed by atoms with Gasteiger partial charge in [-0.05, 0) is 50.3 Å². The fourth-order valence-corrected chi connectivity index (χ4v) is 3.25. The third-order valence-corrected chi connectivity index (χ3v) is 4.85. The summed E-state index contributed by atoms with van der Waals surface area (Å²) in [5.74, 6) is -1.36. The van der Waals surface area contributed by atoms with Crippen LogP contribution in [0.3, 0.4) is 0 Å². The van der Waals surface area contributed by atoms with Gasteiger partial charge in [0.25, 0.3) is 5.91 Å². The lowest BCUT2D eigenvalue weighted by Gasteiger charge is -2.32. The molecule has 1 aromatic carbocycles. The molecule has 0 spiro atoms. The molecule has 3 nitrogen and oxygen atoms in total. The number of likely N-dealkylation sites (tertiary alicyclic amines) is 1. The Labute approximate surface area is 137 Å². The van der Waals surface area contributed by atoms with E-state index >= 15 is 0 Å². The summed E-state index contributed by atoms with van der Waals surface area (Å²) in [4.78, 5) is 13.9. The normalized spacial score (nSPS) is 19.5. The van der Waals surface area contributed by atoms with Crippen LogP contribution < -0.4 is 5.32 Å². The molecule has 3 rings (SSSR count). The van der Waals surface area contributed by atoms with Gasteiger partial charge in [0, 0.05) is 23.6 Å². The molecule has 0 aromatic heterocycles. The summed E-state index contributed by atoms with van der Waals surface area (Å²) < 4.78 is 28.1. The van der Waals surface area contributed by atoms with Gasteiger partial charge in [-0.2, -0.15) is 0 Å². The first kappa shape index (κ1) is 15.9. The van der Waals surface area contributed by atoms with Gasteiger partial charge < -0.3 is 10.2 Å². The smallest absolute Gasteiger partial charge is 0.259 e. The maximum atomic E-state index is 13.9. The first-order valence-electron chi connectivity index (χ1n) is 7.72. The molecule has 1 saturated carbocycles. The molecular formula is C16H19BrF2N2O. The van der Waals surface area contributed by atoms with Crippen LogP contribution in [0.15, 0.2) is 16.6 Å². The summed E-state index contributed by atoms with van der Waals surface area (Å²) in [6.07, 6.45) is 4.29. The van der Waals surface area contributed by atoms with Crippen LogP contribution in [0.4, 0.5) is 8.78 Å². The van der Waals surface area contributed by atoms with E-state index < -0.39 is 23.1 Å². The second-order valence-electron chi connectivity index (χ2n) is 6.16. The standard InChI is InChI=1S/C16H19BrF2N2O/c17-11-7-13(18)15(14(19)8-11)16(22)21-5-3-12(4-6-21)20-9-10-1-2-10/h7-8,10,12,20H,1-6,9H2. The van der Waals surface area contributed by atoms with Crippen molar-refractivity contribution in [3.8, 4) is 0 Å². The number of carbonyl (C=O) groups excluding carboxylic acids is 1. The van der Waals surface area contributed by atoms with E-state index in [1.165, 1.54) is 12.8 Å². The van der Waals surface area contributed by atoms with Gasteiger partial charge in [0.15, 0.2) is 0 Å². The zero-order chi connectivity index (χ0) is 15.7. The lowest BCUT2D eigenvalue weighted by Crippen LogP contribution is -2.45. The van der Waals surface area contributed by atoms with E-state index in [0.29, 0.717) is 23.6 Å². The number of amides is 1. The minimum absolute atomic E-state index is 0.294. The number of hydrogen-bond donors (Lipinski definition) is 1. The first-order chi connectivity index (χ1) is 10.5. The molecule has 1 amide bonds. The maximum absolute atomic E-state index is 13.9. The Bertz CT molecular complexity index is 546. The summed E-state index contributed by atoms with van der Waals surface area (Å²) in [6, 6.07) is 2.66. The van der Waals surface area contributed by atoms with Crippen molar-refractivity contribution in [2.45, 2.75) is 31.7 Å². The lowest BCUT2D eigenvalue weighted by molar-refractivity contribution is 0.0695. The monoisotopic (exact) mass is 372 g/mol. The number of halogens is 3. The van der Waals surface area contributed by atoms with Crippen molar-refractivity contribution < 1.29 is 13.6 Å². The Morgan fingerprint density at radius 1 is 1.18 bits per heavy atom. The number of nitrogens with one attached hydrogen (secondary N) is 1. The third-order valence-electron chi connectivity index (χ3n) is 4.40. The van der Waals surface area contributed by atoms with Crippen LogP contribution in [-0.2, 0) is 0 Å². The van der Waals surface area contributed by atoms with Crippen molar-refractivity contribution in [1.82, 2.24) is 10.2 Å². The van der Waals surface area contributed by atoms with Gasteiger partial charge in [-0.15, -0.1) is 0 Å². The Hall–Kier alpha value is -1.01. The molecule has 0 atom stereocenters. The number of benzene rings is 1. The molecule has 1 saturated heterocycles. The SMILES string of the molecule is O=C(c1c(F)cc(Br)cc1F)N1CCC(NCC2CC2)CC1. The minimum atomic E-state index is -0.814. The molecule has 2 aliphatic rings. The second kappa shape index (κ2) is 6.62. The average Bonchev–Trinajstić information content (AvgIpc) is 3.28. The molecule has 1 aromatic rings. The molecule has 0 bridgehead atoms. The van der Waals surface area contributed by atoms with E-state index in [9.17, 15) is 13.6 Å². The summed E-state index contributed by atoms with van der Waals surface area (Å²) in [5.41, 5.74) is -0.451. The fraction of sp³-hybridized carbons (Fsp3) is 0.562. The molecule has 1 aliphatic carbocycles. The minimum Gasteiger partial charge on any atom is -0.338 e. The van der Waals surface area contributed by atoms with Crippen LogP contribution in [0.1, 0.15) is 36.0 Å². The number of hydrogen-bond acceptors (Lipinski definition) is 2. The molecule has 2 fully saturated rings. The Kier molecular flexibility index (Phi) is 4.78. The van der Waals surface area contributed by atoms with Crippen LogP contribution in [0.2, 0.25) is 0 Å². The van der Waals surface area contributed by atoms with Crippen molar-refractivity contribution in [3.63, 3.8) is 0 Å². The van der Waals surface area contributed by atoms with Gasteiger partial charge in [0.2, 0.25) is 0 Å². The average molecular weight is 373 g/mol. The van der Waals surface area contributed by atoms with Gasteiger partial charge in [0.05, 0.1) is 0 Å². The van der Waals surface area contributed by atoms with Crippen LogP contribution in [0.5, 0.6) is 0 Å². The Balaban J connectivity index is 1.59. The van der Waals surface area contributed by atoms with Crippen LogP contribution in [0.25, 0.3) is 0 Å². The van der Waals surface area contributed by atoms with Gasteiger partial charge in [-0.25, -0.2) is 8.78 Å². The summed E-state index contributed by atoms with van der Waals surface area (Å²) >= 11 is 3.02. The predicted molar refractivity (Wildman–Crippen MR) is 83.7 cm³/mol. The van der Waals surface area contributed by atoms with Gasteiger partial charge >= 0.3 is 0 Å². The zero-order valence-electron chi connectivity index (χ0n) is 12.2. The van der Waals surface area contributed by atoms with Crippen molar-refractivity contribution in [2.24, 2.45) is 5.92 Å². The highest BCUT2D eigenvalue weighted by Gasteiger charge is 2.29. The Morgan fingerprint density at radius 3 is 2.32 bits per heavy atom. The molecule has 1 N–H and O–H groups in total. The molecule has 22 heavy (non-hydrogen) atoms. The molecule has 0 radical (unpaired) electrons. The fourth-order valence-electron chi connectivity index (χ4n) is 2.85. The van der Waals surface area contributed by atoms with E-state index in [-0.39, 0.29) is 0 Å². The van der Waals surface area contributed by atoms with E-state index in [2.05, 4.69) is 21.2 Å². The first-order valence-corrected chi connectivity index (χ1v) is 8.51. The van der Waals surface area contributed by atoms with Gasteiger partial charge in [0.1, 0.15) is 17.2 Å². The van der Waals surface area contributed by atoms with Crippen LogP contribution in [0, 0.1) is 17.6 Å². The molecule has 1 aliphatic heterocycles. The summed E-state index contributed by atoms with van der Waals surface area (Å²) in [6.45, 7) is 2.13. The quantitative estimate of drug-likeness (QED) is 0.878. The Morgan fingerprint density at radius 2 is 1.77 bits per heavy atom. The highest BCUT2D eigenvalue weighted by molar-refractivity contribution is 9.10. The van der Waals surface area contributed by atoms with E-state index in [0.717, 1.165) is 37.4 Å². The lowest BCUT2D eigenvalue weighted by atomic mass is 10.0. The molecule has 6 heteroatoms. The molecular weight excluding hydrogens is 354 g/mol. The van der Waals surface area contributed by atoms with E-state index in [1.807, 2.05) is 0 Å². The largest absolute Gasteiger partial charge is 0.338 e. The zero-order valence-corrected chi connectivity index (χ0v) is 13.8. The summed E-state index contributed by atoms with van der Waals surface area (Å²) in [7, 11) is 0. The number of piperidine rings is 1. The highest BCUT2D eigenvalue weighted by Crippen LogP contribution is 2.28. The van der Waals surface area contributed by atoms with Crippen molar-refractivity contribution in [1.29, 1.82) is 0 Å². The highest BCUT2D eigenvalue weighted by atomic mass is 79.9. The van der Waals surface area contributed by atoms with Gasteiger partial charge in [-0.3, -0.25) is 4.79 Å². The van der Waals surface area contributed by atoms with Crippen molar-refractivity contribution >= 4 is 21.8 Å². The summed E-state index contributed by atoms with van der Waals surface area (Å²) in [5, 5.41) is 3.52. The van der Waals surface area contributed by atoms with Gasteiger partial charge in [-0.1, -0.05) is 15.9 Å². The van der Waals surface area contributed by atoms with Crippen molar-refractivity contribution in [2.75, 3.05) is 19.6 Å². The number of nitrogens with zero attached hydrogens (tertiary/aromatic N) is 1. The second-order valence-corrected chi connectivity index (χ2v) is 7.08. The molecule has 0 unspecified atom stereocenters. The van der Waals surface area contributed by atoms with Crippen LogP contribution in [-0.4, -0.2) is 36.5 Å². The predicted octanol–water partition coefficient (Wildman–Crippen LogP) is 3.33. The van der Waals surface area contributed by atoms with Crippen LogP contribution >= 0.6 is 15.9 Å². The van der Waals surface area contributed by atoms with E-state index in [4.69, 9.17) is 0 Å². The number of rotatable bonds is 4. The molecule has 120 valence electrons. The van der Waals surface area contributed by atoms with Crippen molar-refractivity contribution in [3.05, 3.63) is 33.8 Å². The third kappa shape index (κ3) is 3.66. The maximum Gasteiger partial charge on any atom is 0.259 e.